The number of nitrogens with zero attached hydrogens (tertiary/aromatic N) is 1. The number of hydrogen-bond donors (Lipinski definition) is 1. The lowest BCUT2D eigenvalue weighted by atomic mass is 10.2. The first-order valence-electron chi connectivity index (χ1n) is 7.01. The fraction of sp³-hybridized carbons (Fsp3) is 0.562. The van der Waals surface area contributed by atoms with E-state index < -0.39 is 0 Å². The zero-order valence-corrected chi connectivity index (χ0v) is 12.6. The highest BCUT2D eigenvalue weighted by Gasteiger charge is 2.04. The maximum absolute atomic E-state index is 5.71. The molecule has 3 nitrogen and oxygen atoms in total. The van der Waals surface area contributed by atoms with Gasteiger partial charge in [-0.05, 0) is 25.0 Å². The van der Waals surface area contributed by atoms with Crippen molar-refractivity contribution in [1.82, 2.24) is 10.3 Å². The lowest BCUT2D eigenvalue weighted by molar-refractivity contribution is 0.308. The SMILES string of the molecule is C=C(C)CCOc1cc(CNC(C)C)cc(CC)n1. The van der Waals surface area contributed by atoms with Gasteiger partial charge in [0.15, 0.2) is 0 Å². The molecule has 0 bridgehead atoms. The summed E-state index contributed by atoms with van der Waals surface area (Å²) in [5.74, 6) is 0.723. The summed E-state index contributed by atoms with van der Waals surface area (Å²) >= 11 is 0. The Bertz CT molecular complexity index is 413. The molecule has 0 radical (unpaired) electrons. The van der Waals surface area contributed by atoms with Crippen LogP contribution >= 0.6 is 0 Å². The van der Waals surface area contributed by atoms with Gasteiger partial charge in [0, 0.05) is 30.8 Å². The highest BCUT2D eigenvalue weighted by molar-refractivity contribution is 5.25. The van der Waals surface area contributed by atoms with Crippen molar-refractivity contribution in [2.75, 3.05) is 6.61 Å². The minimum Gasteiger partial charge on any atom is -0.477 e. The van der Waals surface area contributed by atoms with Gasteiger partial charge in [0.25, 0.3) is 0 Å². The topological polar surface area (TPSA) is 34.1 Å². The third kappa shape index (κ3) is 6.39. The van der Waals surface area contributed by atoms with Gasteiger partial charge in [-0.25, -0.2) is 4.98 Å². The number of rotatable bonds is 8. The van der Waals surface area contributed by atoms with Crippen molar-refractivity contribution in [3.05, 3.63) is 35.5 Å². The van der Waals surface area contributed by atoms with E-state index >= 15 is 0 Å². The van der Waals surface area contributed by atoms with Gasteiger partial charge in [-0.15, -0.1) is 6.58 Å². The molecular formula is C16H26N2O. The van der Waals surface area contributed by atoms with Crippen molar-refractivity contribution < 1.29 is 4.74 Å². The Labute approximate surface area is 117 Å². The Morgan fingerprint density at radius 2 is 2.16 bits per heavy atom. The second-order valence-corrected chi connectivity index (χ2v) is 5.25. The van der Waals surface area contributed by atoms with Crippen LogP contribution in [0.2, 0.25) is 0 Å². The number of pyridine rings is 1. The zero-order valence-electron chi connectivity index (χ0n) is 12.6. The predicted molar refractivity (Wildman–Crippen MR) is 80.5 cm³/mol. The van der Waals surface area contributed by atoms with Crippen LogP contribution in [0.25, 0.3) is 0 Å². The molecule has 0 aliphatic rings. The Kier molecular flexibility index (Phi) is 6.57. The van der Waals surface area contributed by atoms with Crippen LogP contribution in [0.1, 0.15) is 45.4 Å². The maximum Gasteiger partial charge on any atom is 0.213 e. The molecule has 1 heterocycles. The first-order chi connectivity index (χ1) is 9.01. The molecule has 0 saturated carbocycles. The minimum atomic E-state index is 0.478. The number of aromatic nitrogens is 1. The highest BCUT2D eigenvalue weighted by Crippen LogP contribution is 2.14. The summed E-state index contributed by atoms with van der Waals surface area (Å²) in [6.45, 7) is 13.8. The van der Waals surface area contributed by atoms with Gasteiger partial charge >= 0.3 is 0 Å². The molecule has 0 aliphatic carbocycles. The molecule has 0 spiro atoms. The number of nitrogens with one attached hydrogen (secondary N) is 1. The van der Waals surface area contributed by atoms with Crippen LogP contribution in [0.15, 0.2) is 24.3 Å². The van der Waals surface area contributed by atoms with E-state index in [9.17, 15) is 0 Å². The van der Waals surface area contributed by atoms with E-state index in [1.54, 1.807) is 0 Å². The molecule has 3 heteroatoms. The van der Waals surface area contributed by atoms with Crippen LogP contribution in [-0.2, 0) is 13.0 Å². The van der Waals surface area contributed by atoms with Crippen LogP contribution in [-0.4, -0.2) is 17.6 Å². The van der Waals surface area contributed by atoms with Crippen molar-refractivity contribution in [3.63, 3.8) is 0 Å². The normalized spacial score (nSPS) is 10.8. The lowest BCUT2D eigenvalue weighted by Gasteiger charge is -2.12. The Morgan fingerprint density at radius 1 is 1.42 bits per heavy atom. The van der Waals surface area contributed by atoms with Crippen molar-refractivity contribution in [1.29, 1.82) is 0 Å². The molecule has 0 atom stereocenters. The summed E-state index contributed by atoms with van der Waals surface area (Å²) in [5, 5.41) is 3.42. The summed E-state index contributed by atoms with van der Waals surface area (Å²) < 4.78 is 5.71. The van der Waals surface area contributed by atoms with Crippen molar-refractivity contribution in [2.24, 2.45) is 0 Å². The van der Waals surface area contributed by atoms with Gasteiger partial charge in [0.05, 0.1) is 6.61 Å². The molecule has 19 heavy (non-hydrogen) atoms. The van der Waals surface area contributed by atoms with E-state index in [1.807, 2.05) is 13.0 Å². The molecule has 0 saturated heterocycles. The Morgan fingerprint density at radius 3 is 2.74 bits per heavy atom. The molecule has 0 aliphatic heterocycles. The van der Waals surface area contributed by atoms with Gasteiger partial charge in [0.1, 0.15) is 0 Å². The molecule has 1 aromatic rings. The maximum atomic E-state index is 5.71. The van der Waals surface area contributed by atoms with Gasteiger partial charge in [-0.2, -0.15) is 0 Å². The Hall–Kier alpha value is -1.35. The smallest absolute Gasteiger partial charge is 0.213 e. The third-order valence-electron chi connectivity index (χ3n) is 2.77. The predicted octanol–water partition coefficient (Wildman–Crippen LogP) is 3.49. The van der Waals surface area contributed by atoms with E-state index in [0.717, 1.165) is 36.5 Å². The summed E-state index contributed by atoms with van der Waals surface area (Å²) in [5.41, 5.74) is 3.44. The summed E-state index contributed by atoms with van der Waals surface area (Å²) in [6, 6.07) is 4.64. The number of aryl methyl sites for hydroxylation is 1. The molecule has 0 fully saturated rings. The fourth-order valence-electron chi connectivity index (χ4n) is 1.63. The number of hydrogen-bond acceptors (Lipinski definition) is 3. The molecule has 106 valence electrons. The van der Waals surface area contributed by atoms with E-state index in [1.165, 1.54) is 5.56 Å². The molecule has 0 unspecified atom stereocenters. The first-order valence-corrected chi connectivity index (χ1v) is 7.01. The molecular weight excluding hydrogens is 236 g/mol. The summed E-state index contributed by atoms with van der Waals surface area (Å²) in [4.78, 5) is 4.50. The zero-order chi connectivity index (χ0) is 14.3. The van der Waals surface area contributed by atoms with E-state index in [0.29, 0.717) is 12.6 Å². The molecule has 1 rings (SSSR count). The van der Waals surface area contributed by atoms with E-state index in [4.69, 9.17) is 4.74 Å². The second kappa shape index (κ2) is 7.95. The van der Waals surface area contributed by atoms with Gasteiger partial charge in [-0.1, -0.05) is 26.3 Å². The van der Waals surface area contributed by atoms with E-state index in [2.05, 4.69) is 43.7 Å². The third-order valence-corrected chi connectivity index (χ3v) is 2.77. The molecule has 0 aromatic carbocycles. The quantitative estimate of drug-likeness (QED) is 0.728. The summed E-state index contributed by atoms with van der Waals surface area (Å²) in [7, 11) is 0. The van der Waals surface area contributed by atoms with Crippen LogP contribution in [0.5, 0.6) is 5.88 Å². The highest BCUT2D eigenvalue weighted by atomic mass is 16.5. The largest absolute Gasteiger partial charge is 0.477 e. The standard InChI is InChI=1S/C16H26N2O/c1-6-15-9-14(11-17-13(4)5)10-16(18-15)19-8-7-12(2)3/h9-10,13,17H,2,6-8,11H2,1,3-5H3. The number of ether oxygens (including phenoxy) is 1. The van der Waals surface area contributed by atoms with Crippen LogP contribution in [0, 0.1) is 0 Å². The lowest BCUT2D eigenvalue weighted by Crippen LogP contribution is -2.22. The minimum absolute atomic E-state index is 0.478. The van der Waals surface area contributed by atoms with Crippen molar-refractivity contribution in [3.8, 4) is 5.88 Å². The van der Waals surface area contributed by atoms with Gasteiger partial charge in [0.2, 0.25) is 5.88 Å². The molecule has 1 aromatic heterocycles. The fourth-order valence-corrected chi connectivity index (χ4v) is 1.63. The van der Waals surface area contributed by atoms with Gasteiger partial charge < -0.3 is 10.1 Å². The average Bonchev–Trinajstić information content (AvgIpc) is 2.35. The molecule has 0 amide bonds. The molecule has 1 N–H and O–H groups in total. The Balaban J connectivity index is 2.68. The van der Waals surface area contributed by atoms with Crippen LogP contribution < -0.4 is 10.1 Å². The summed E-state index contributed by atoms with van der Waals surface area (Å²) in [6.07, 6.45) is 1.80. The van der Waals surface area contributed by atoms with Gasteiger partial charge in [-0.3, -0.25) is 0 Å². The first kappa shape index (κ1) is 15.7. The van der Waals surface area contributed by atoms with E-state index in [-0.39, 0.29) is 0 Å². The van der Waals surface area contributed by atoms with Crippen LogP contribution in [0.3, 0.4) is 0 Å². The second-order valence-electron chi connectivity index (χ2n) is 5.25. The van der Waals surface area contributed by atoms with Crippen LogP contribution in [0.4, 0.5) is 0 Å². The average molecular weight is 262 g/mol. The monoisotopic (exact) mass is 262 g/mol. The van der Waals surface area contributed by atoms with Crippen molar-refractivity contribution in [2.45, 2.75) is 53.1 Å². The van der Waals surface area contributed by atoms with Crippen molar-refractivity contribution >= 4 is 0 Å².